The van der Waals surface area contributed by atoms with Gasteiger partial charge in [-0.1, -0.05) is 12.1 Å². The standard InChI is InChI=1S/C23H32ClN7O5S/c1-16-14-18-4-2-6-20(21(18)27-15-16)37(35,36)29-19(5-3-11-26-23(25)28-31(33)34)22(32)30-12-8-17(7-10-24)9-13-30/h2,4,6,14-15,17,19,29H,3,5,7-13H2,1H3,(H3,25,26,28)/t19-/m0/s1. The van der Waals surface area contributed by atoms with E-state index in [4.69, 9.17) is 17.3 Å². The Morgan fingerprint density at radius 1 is 1.38 bits per heavy atom. The van der Waals surface area contributed by atoms with Crippen molar-refractivity contribution in [3.8, 4) is 0 Å². The molecule has 2 heterocycles. The molecule has 1 aliphatic heterocycles. The van der Waals surface area contributed by atoms with E-state index in [9.17, 15) is 23.3 Å². The Labute approximate surface area is 220 Å². The van der Waals surface area contributed by atoms with Crippen LogP contribution in [0.5, 0.6) is 0 Å². The highest BCUT2D eigenvalue weighted by Gasteiger charge is 2.32. The van der Waals surface area contributed by atoms with E-state index in [1.165, 1.54) is 6.07 Å². The van der Waals surface area contributed by atoms with Gasteiger partial charge in [0.25, 0.3) is 5.96 Å². The molecule has 202 valence electrons. The Morgan fingerprint density at radius 2 is 2.11 bits per heavy atom. The van der Waals surface area contributed by atoms with E-state index in [1.807, 2.05) is 13.0 Å². The Bertz CT molecular complexity index is 1250. The summed E-state index contributed by atoms with van der Waals surface area (Å²) in [6, 6.07) is 5.69. The number of halogens is 1. The van der Waals surface area contributed by atoms with Gasteiger partial charge in [0.1, 0.15) is 16.0 Å². The number of aromatic nitrogens is 1. The van der Waals surface area contributed by atoms with Crippen LogP contribution in [-0.4, -0.2) is 66.8 Å². The molecule has 1 saturated heterocycles. The summed E-state index contributed by atoms with van der Waals surface area (Å²) < 4.78 is 29.5. The van der Waals surface area contributed by atoms with Crippen LogP contribution in [0, 0.1) is 23.0 Å². The number of sulfonamides is 1. The number of nitrogens with one attached hydrogen (secondary N) is 2. The van der Waals surface area contributed by atoms with Crippen LogP contribution in [0.1, 0.15) is 37.7 Å². The number of aryl methyl sites for hydroxylation is 1. The van der Waals surface area contributed by atoms with Crippen LogP contribution >= 0.6 is 11.6 Å². The molecule has 0 aliphatic carbocycles. The van der Waals surface area contributed by atoms with E-state index in [1.54, 1.807) is 23.2 Å². The van der Waals surface area contributed by atoms with E-state index in [0.29, 0.717) is 42.2 Å². The van der Waals surface area contributed by atoms with Crippen LogP contribution in [0.4, 0.5) is 0 Å². The minimum Gasteiger partial charge on any atom is -0.365 e. The number of carbonyl (C=O) groups excluding carboxylic acids is 1. The molecule has 1 aromatic carbocycles. The van der Waals surface area contributed by atoms with Gasteiger partial charge in [-0.05, 0) is 62.6 Å². The number of pyridine rings is 1. The molecule has 1 atom stereocenters. The van der Waals surface area contributed by atoms with Crippen molar-refractivity contribution < 1.29 is 18.2 Å². The van der Waals surface area contributed by atoms with Crippen LogP contribution in [0.2, 0.25) is 0 Å². The number of benzene rings is 1. The fourth-order valence-corrected chi connectivity index (χ4v) is 6.12. The third kappa shape index (κ3) is 7.98. The molecule has 12 nitrogen and oxygen atoms in total. The molecule has 0 spiro atoms. The Morgan fingerprint density at radius 3 is 2.78 bits per heavy atom. The maximum atomic E-state index is 13.5. The van der Waals surface area contributed by atoms with Gasteiger partial charge >= 0.3 is 0 Å². The summed E-state index contributed by atoms with van der Waals surface area (Å²) in [7, 11) is -4.11. The van der Waals surface area contributed by atoms with E-state index < -0.39 is 21.1 Å². The first kappa shape index (κ1) is 28.5. The topological polar surface area (TPSA) is 173 Å². The normalized spacial score (nSPS) is 16.1. The Kier molecular flexibility index (Phi) is 10.0. The predicted octanol–water partition coefficient (Wildman–Crippen LogP) is 1.93. The summed E-state index contributed by atoms with van der Waals surface area (Å²) in [5, 5.41) is 15.8. The first-order valence-corrected chi connectivity index (χ1v) is 14.1. The van der Waals surface area contributed by atoms with Crippen LogP contribution in [-0.2, 0) is 14.8 Å². The second-order valence-corrected chi connectivity index (χ2v) is 11.1. The number of rotatable bonds is 11. The van der Waals surface area contributed by atoms with E-state index >= 15 is 0 Å². The predicted molar refractivity (Wildman–Crippen MR) is 141 cm³/mol. The number of amides is 1. The lowest BCUT2D eigenvalue weighted by molar-refractivity contribution is -0.485. The number of piperidine rings is 1. The average molecular weight is 554 g/mol. The van der Waals surface area contributed by atoms with E-state index in [2.05, 4.69) is 20.1 Å². The molecule has 3 rings (SSSR count). The summed E-state index contributed by atoms with van der Waals surface area (Å²) >= 11 is 5.86. The van der Waals surface area contributed by atoms with Gasteiger partial charge in [0, 0.05) is 37.1 Å². The highest BCUT2D eigenvalue weighted by Crippen LogP contribution is 2.24. The van der Waals surface area contributed by atoms with Gasteiger partial charge in [0.2, 0.25) is 15.9 Å². The minimum absolute atomic E-state index is 0.0101. The zero-order valence-electron chi connectivity index (χ0n) is 20.6. The number of para-hydroxylation sites is 1. The lowest BCUT2D eigenvalue weighted by Crippen LogP contribution is -2.51. The van der Waals surface area contributed by atoms with Crippen molar-refractivity contribution >= 4 is 44.4 Å². The van der Waals surface area contributed by atoms with Crippen LogP contribution < -0.4 is 15.8 Å². The number of fused-ring (bicyclic) bond motifs is 1. The van der Waals surface area contributed by atoms with Crippen molar-refractivity contribution in [2.24, 2.45) is 16.8 Å². The third-order valence-corrected chi connectivity index (χ3v) is 8.03. The maximum absolute atomic E-state index is 13.5. The number of hydrogen-bond acceptors (Lipinski definition) is 6. The molecule has 2 aromatic rings. The van der Waals surface area contributed by atoms with Crippen molar-refractivity contribution in [3.63, 3.8) is 0 Å². The largest absolute Gasteiger partial charge is 0.365 e. The van der Waals surface area contributed by atoms with Gasteiger partial charge < -0.3 is 16.0 Å². The molecule has 4 N–H and O–H groups in total. The highest BCUT2D eigenvalue weighted by atomic mass is 35.5. The third-order valence-electron chi connectivity index (χ3n) is 6.30. The summed E-state index contributed by atoms with van der Waals surface area (Å²) in [4.78, 5) is 29.9. The molecule has 0 saturated carbocycles. The number of carbonyl (C=O) groups is 1. The summed E-state index contributed by atoms with van der Waals surface area (Å²) in [6.07, 6.45) is 4.54. The number of hydrogen-bond donors (Lipinski definition) is 3. The molecular weight excluding hydrogens is 522 g/mol. The first-order valence-electron chi connectivity index (χ1n) is 12.1. The van der Waals surface area contributed by atoms with Crippen LogP contribution in [0.15, 0.2) is 40.5 Å². The van der Waals surface area contributed by atoms with Gasteiger partial charge in [0.05, 0.1) is 5.52 Å². The fourth-order valence-electron chi connectivity index (χ4n) is 4.41. The number of nitrogens with two attached hydrogens (primary N) is 1. The van der Waals surface area contributed by atoms with Gasteiger partial charge in [-0.25, -0.2) is 18.5 Å². The van der Waals surface area contributed by atoms with Gasteiger partial charge in [0.15, 0.2) is 5.03 Å². The van der Waals surface area contributed by atoms with Gasteiger partial charge in [-0.3, -0.25) is 9.78 Å². The molecule has 0 radical (unpaired) electrons. The quantitative estimate of drug-likeness (QED) is 0.0944. The molecule has 37 heavy (non-hydrogen) atoms. The minimum atomic E-state index is -4.11. The van der Waals surface area contributed by atoms with Gasteiger partial charge in [-0.15, -0.1) is 11.6 Å². The number of hydrazone groups is 1. The molecule has 1 aliphatic rings. The molecule has 0 bridgehead atoms. The zero-order valence-corrected chi connectivity index (χ0v) is 22.2. The van der Waals surface area contributed by atoms with Crippen molar-refractivity contribution in [2.75, 3.05) is 25.5 Å². The second-order valence-electron chi connectivity index (χ2n) is 9.05. The Balaban J connectivity index is 1.78. The molecular formula is C23H32ClN7O5S. The maximum Gasteiger partial charge on any atom is 0.266 e. The number of alkyl halides is 1. The van der Waals surface area contributed by atoms with E-state index in [0.717, 1.165) is 24.8 Å². The SMILES string of the molecule is Cc1cnc2c(S(=O)(=O)N[C@@H](CCCN/C(N)=N/[N+](=O)[O-])C(=O)N3CCC(CCCl)CC3)cccc2c1. The smallest absolute Gasteiger partial charge is 0.266 e. The molecule has 1 aromatic heterocycles. The highest BCUT2D eigenvalue weighted by molar-refractivity contribution is 7.89. The lowest BCUT2D eigenvalue weighted by Gasteiger charge is -2.34. The van der Waals surface area contributed by atoms with Crippen molar-refractivity contribution in [2.45, 2.75) is 50.0 Å². The summed E-state index contributed by atoms with van der Waals surface area (Å²) in [6.45, 7) is 3.08. The number of guanidine groups is 1. The van der Waals surface area contributed by atoms with Crippen LogP contribution in [0.3, 0.4) is 0 Å². The molecule has 0 unspecified atom stereocenters. The summed E-state index contributed by atoms with van der Waals surface area (Å²) in [5.41, 5.74) is 6.66. The first-order chi connectivity index (χ1) is 17.6. The Hall–Kier alpha value is -3.03. The zero-order chi connectivity index (χ0) is 27.0. The number of likely N-dealkylation sites (tertiary alicyclic amines) is 1. The van der Waals surface area contributed by atoms with Crippen molar-refractivity contribution in [1.82, 2.24) is 19.9 Å². The van der Waals surface area contributed by atoms with E-state index in [-0.39, 0.29) is 29.7 Å². The van der Waals surface area contributed by atoms with Crippen molar-refractivity contribution in [1.29, 1.82) is 0 Å². The summed E-state index contributed by atoms with van der Waals surface area (Å²) in [5.74, 6) is 0.320. The second kappa shape index (κ2) is 13.0. The van der Waals surface area contributed by atoms with Crippen molar-refractivity contribution in [3.05, 3.63) is 46.1 Å². The van der Waals surface area contributed by atoms with Crippen LogP contribution in [0.25, 0.3) is 10.9 Å². The molecule has 14 heteroatoms. The monoisotopic (exact) mass is 553 g/mol. The number of nitro groups is 1. The van der Waals surface area contributed by atoms with Gasteiger partial charge in [-0.2, -0.15) is 4.72 Å². The molecule has 1 amide bonds. The molecule has 1 fully saturated rings. The number of nitrogens with zero attached hydrogens (tertiary/aromatic N) is 4. The fraction of sp³-hybridized carbons (Fsp3) is 0.522. The average Bonchev–Trinajstić information content (AvgIpc) is 2.85. The lowest BCUT2D eigenvalue weighted by atomic mass is 9.94.